The Morgan fingerprint density at radius 1 is 1.25 bits per heavy atom. The molecule has 1 fully saturated rings. The fourth-order valence-corrected chi connectivity index (χ4v) is 5.89. The molecule has 1 saturated heterocycles. The molecule has 1 N–H and O–H groups in total. The summed E-state index contributed by atoms with van der Waals surface area (Å²) in [6.45, 7) is 5.60. The lowest BCUT2D eigenvalue weighted by Crippen LogP contribution is -2.38. The molecule has 0 radical (unpaired) electrons. The Balaban J connectivity index is 1.33. The van der Waals surface area contributed by atoms with Gasteiger partial charge >= 0.3 is 0 Å². The number of pyridine rings is 1. The second-order valence-electron chi connectivity index (χ2n) is 7.36. The molecule has 4 heterocycles. The summed E-state index contributed by atoms with van der Waals surface area (Å²) in [4.78, 5) is 37.5. The molecule has 166 valence electrons. The van der Waals surface area contributed by atoms with Crippen molar-refractivity contribution in [3.05, 3.63) is 75.0 Å². The van der Waals surface area contributed by atoms with Crippen LogP contribution in [-0.2, 0) is 6.54 Å². The summed E-state index contributed by atoms with van der Waals surface area (Å²) in [6, 6.07) is 7.62. The van der Waals surface area contributed by atoms with Crippen molar-refractivity contribution >= 4 is 46.2 Å². The van der Waals surface area contributed by atoms with Gasteiger partial charge in [0, 0.05) is 41.2 Å². The zero-order valence-electron chi connectivity index (χ0n) is 17.5. The van der Waals surface area contributed by atoms with Gasteiger partial charge in [-0.2, -0.15) is 0 Å². The summed E-state index contributed by atoms with van der Waals surface area (Å²) in [6.07, 6.45) is 5.20. The van der Waals surface area contributed by atoms with Crippen LogP contribution in [0.1, 0.15) is 49.5 Å². The van der Waals surface area contributed by atoms with Crippen molar-refractivity contribution < 1.29 is 9.59 Å². The molecule has 9 heteroatoms. The molecule has 0 bridgehead atoms. The highest BCUT2D eigenvalue weighted by Gasteiger charge is 2.28. The van der Waals surface area contributed by atoms with Gasteiger partial charge < -0.3 is 10.2 Å². The van der Waals surface area contributed by atoms with E-state index in [-0.39, 0.29) is 17.7 Å². The van der Waals surface area contributed by atoms with E-state index >= 15 is 0 Å². The first-order chi connectivity index (χ1) is 15.7. The van der Waals surface area contributed by atoms with E-state index in [1.54, 1.807) is 23.6 Å². The molecule has 3 aromatic rings. The number of hydrogen-bond acceptors (Lipinski definition) is 7. The number of likely N-dealkylation sites (tertiary alicyclic amines) is 1. The quantitative estimate of drug-likeness (QED) is 0.366. The lowest BCUT2D eigenvalue weighted by molar-refractivity contribution is 0.0708. The summed E-state index contributed by atoms with van der Waals surface area (Å²) < 4.78 is 0. The van der Waals surface area contributed by atoms with Crippen LogP contribution in [0.2, 0.25) is 0 Å². The number of piperidine rings is 1. The van der Waals surface area contributed by atoms with Gasteiger partial charge in [0.1, 0.15) is 10.7 Å². The van der Waals surface area contributed by atoms with Gasteiger partial charge in [0.25, 0.3) is 11.8 Å². The Labute approximate surface area is 199 Å². The Bertz CT molecular complexity index is 1070. The van der Waals surface area contributed by atoms with Gasteiger partial charge in [0.05, 0.1) is 17.1 Å². The maximum atomic E-state index is 13.1. The summed E-state index contributed by atoms with van der Waals surface area (Å²) in [5.41, 5.74) is 1.12. The molecule has 0 atom stereocenters. The fraction of sp³-hybridized carbons (Fsp3) is 0.304. The number of thioether (sulfide) groups is 1. The largest absolute Gasteiger partial charge is 0.346 e. The molecular formula is C23H24N4O2S3. The number of amides is 2. The van der Waals surface area contributed by atoms with Crippen molar-refractivity contribution in [1.29, 1.82) is 0 Å². The smallest absolute Gasteiger partial charge is 0.271 e. The van der Waals surface area contributed by atoms with E-state index in [0.29, 0.717) is 36.6 Å². The van der Waals surface area contributed by atoms with Crippen molar-refractivity contribution in [2.24, 2.45) is 0 Å². The molecule has 2 amide bonds. The van der Waals surface area contributed by atoms with Crippen LogP contribution < -0.4 is 5.32 Å². The maximum absolute atomic E-state index is 13.1. The standard InChI is InChI=1S/C23H24N4O2S3/c1-2-12-31-22-18(6-3-9-24-22)23(29)27-10-7-16(8-11-27)21-26-19(15-32-21)20(28)25-14-17-5-4-13-30-17/h2-6,9,13,15-16H,1,7-8,10-12,14H2,(H,25,28). The van der Waals surface area contributed by atoms with Crippen LogP contribution in [0.3, 0.4) is 0 Å². The van der Waals surface area contributed by atoms with Crippen molar-refractivity contribution in [3.63, 3.8) is 0 Å². The third-order valence-corrected chi connectivity index (χ3v) is 8.11. The monoisotopic (exact) mass is 484 g/mol. The number of carbonyl (C=O) groups is 2. The number of nitrogens with zero attached hydrogens (tertiary/aromatic N) is 3. The summed E-state index contributed by atoms with van der Waals surface area (Å²) in [7, 11) is 0. The topological polar surface area (TPSA) is 75.2 Å². The van der Waals surface area contributed by atoms with Crippen molar-refractivity contribution in [3.8, 4) is 0 Å². The minimum atomic E-state index is -0.144. The van der Waals surface area contributed by atoms with E-state index in [0.717, 1.165) is 27.8 Å². The van der Waals surface area contributed by atoms with Crippen LogP contribution in [-0.4, -0.2) is 45.5 Å². The van der Waals surface area contributed by atoms with Gasteiger partial charge in [-0.15, -0.1) is 41.0 Å². The minimum absolute atomic E-state index is 0.0240. The zero-order valence-corrected chi connectivity index (χ0v) is 20.0. The molecule has 0 unspecified atom stereocenters. The molecular weight excluding hydrogens is 460 g/mol. The second kappa shape index (κ2) is 10.9. The molecule has 0 saturated carbocycles. The SMILES string of the molecule is C=CCSc1ncccc1C(=O)N1CCC(c2nc(C(=O)NCc3cccs3)cs2)CC1. The predicted octanol–water partition coefficient (Wildman–Crippen LogP) is 4.83. The van der Waals surface area contributed by atoms with Crippen LogP contribution in [0.5, 0.6) is 0 Å². The molecule has 0 aliphatic carbocycles. The molecule has 1 aliphatic rings. The number of nitrogens with one attached hydrogen (secondary N) is 1. The summed E-state index contributed by atoms with van der Waals surface area (Å²) in [5, 5.41) is 8.47. The molecule has 0 spiro atoms. The predicted molar refractivity (Wildman–Crippen MR) is 131 cm³/mol. The first-order valence-electron chi connectivity index (χ1n) is 10.4. The minimum Gasteiger partial charge on any atom is -0.346 e. The Kier molecular flexibility index (Phi) is 7.72. The Morgan fingerprint density at radius 2 is 2.09 bits per heavy atom. The molecule has 0 aromatic carbocycles. The molecule has 6 nitrogen and oxygen atoms in total. The molecule has 1 aliphatic heterocycles. The van der Waals surface area contributed by atoms with Gasteiger partial charge in [0.2, 0.25) is 0 Å². The second-order valence-corrected chi connectivity index (χ2v) is 10.3. The van der Waals surface area contributed by atoms with Gasteiger partial charge in [-0.3, -0.25) is 9.59 Å². The van der Waals surface area contributed by atoms with E-state index in [4.69, 9.17) is 0 Å². The first kappa shape index (κ1) is 22.7. The maximum Gasteiger partial charge on any atom is 0.271 e. The van der Waals surface area contributed by atoms with E-state index < -0.39 is 0 Å². The van der Waals surface area contributed by atoms with Crippen LogP contribution in [0, 0.1) is 0 Å². The fourth-order valence-electron chi connectivity index (χ4n) is 3.56. The van der Waals surface area contributed by atoms with E-state index in [2.05, 4.69) is 21.9 Å². The van der Waals surface area contributed by atoms with Gasteiger partial charge in [-0.25, -0.2) is 9.97 Å². The average molecular weight is 485 g/mol. The van der Waals surface area contributed by atoms with Crippen LogP contribution in [0.15, 0.2) is 58.9 Å². The molecule has 3 aromatic heterocycles. The van der Waals surface area contributed by atoms with E-state index in [1.165, 1.54) is 23.1 Å². The highest BCUT2D eigenvalue weighted by Crippen LogP contribution is 2.31. The number of carbonyl (C=O) groups excluding carboxylic acids is 2. The van der Waals surface area contributed by atoms with Crippen LogP contribution >= 0.6 is 34.4 Å². The zero-order chi connectivity index (χ0) is 22.3. The van der Waals surface area contributed by atoms with E-state index in [9.17, 15) is 9.59 Å². The third-order valence-electron chi connectivity index (χ3n) is 5.23. The average Bonchev–Trinajstić information content (AvgIpc) is 3.54. The lowest BCUT2D eigenvalue weighted by Gasteiger charge is -2.31. The number of thiazole rings is 1. The number of thiophene rings is 1. The summed E-state index contributed by atoms with van der Waals surface area (Å²) in [5.74, 6) is 0.865. The van der Waals surface area contributed by atoms with Crippen molar-refractivity contribution in [2.45, 2.75) is 30.3 Å². The Morgan fingerprint density at radius 3 is 2.84 bits per heavy atom. The number of hydrogen-bond donors (Lipinski definition) is 1. The third kappa shape index (κ3) is 5.46. The van der Waals surface area contributed by atoms with Crippen molar-refractivity contribution in [2.75, 3.05) is 18.8 Å². The van der Waals surface area contributed by atoms with Gasteiger partial charge in [-0.05, 0) is 36.4 Å². The van der Waals surface area contributed by atoms with Crippen molar-refractivity contribution in [1.82, 2.24) is 20.2 Å². The van der Waals surface area contributed by atoms with Gasteiger partial charge in [-0.1, -0.05) is 12.1 Å². The first-order valence-corrected chi connectivity index (χ1v) is 13.1. The highest BCUT2D eigenvalue weighted by molar-refractivity contribution is 7.99. The van der Waals surface area contributed by atoms with Crippen LogP contribution in [0.4, 0.5) is 0 Å². The Hall–Kier alpha value is -2.49. The van der Waals surface area contributed by atoms with Crippen LogP contribution in [0.25, 0.3) is 0 Å². The van der Waals surface area contributed by atoms with Gasteiger partial charge in [0.15, 0.2) is 0 Å². The lowest BCUT2D eigenvalue weighted by atomic mass is 9.97. The number of rotatable bonds is 8. The molecule has 32 heavy (non-hydrogen) atoms. The van der Waals surface area contributed by atoms with E-state index in [1.807, 2.05) is 39.9 Å². The molecule has 4 rings (SSSR count). The number of aromatic nitrogens is 2. The normalized spacial score (nSPS) is 14.3. The summed E-state index contributed by atoms with van der Waals surface area (Å²) >= 11 is 4.67. The highest BCUT2D eigenvalue weighted by atomic mass is 32.2.